The van der Waals surface area contributed by atoms with E-state index in [1.807, 2.05) is 14.0 Å². The maximum Gasteiger partial charge on any atom is 0.265 e. The van der Waals surface area contributed by atoms with E-state index in [0.717, 1.165) is 29.3 Å². The molecule has 0 saturated heterocycles. The molecule has 0 unspecified atom stereocenters. The standard InChI is InChI=1S/C10H16N2OS/c1-4-5-6-12(3)10(13)9-7-11-8(2)14-9/h7H,4-6H2,1-3H3. The Morgan fingerprint density at radius 2 is 2.36 bits per heavy atom. The van der Waals surface area contributed by atoms with Crippen molar-refractivity contribution >= 4 is 17.2 Å². The Morgan fingerprint density at radius 3 is 2.86 bits per heavy atom. The van der Waals surface area contributed by atoms with E-state index in [-0.39, 0.29) is 5.91 Å². The van der Waals surface area contributed by atoms with Gasteiger partial charge in [-0.25, -0.2) is 4.98 Å². The number of unbranched alkanes of at least 4 members (excludes halogenated alkanes) is 1. The molecule has 0 fully saturated rings. The van der Waals surface area contributed by atoms with Gasteiger partial charge in [0.25, 0.3) is 5.91 Å². The first-order valence-electron chi connectivity index (χ1n) is 4.83. The highest BCUT2D eigenvalue weighted by atomic mass is 32.1. The molecule has 4 heteroatoms. The maximum absolute atomic E-state index is 11.8. The Balaban J connectivity index is 2.56. The quantitative estimate of drug-likeness (QED) is 0.767. The van der Waals surface area contributed by atoms with Gasteiger partial charge in [-0.15, -0.1) is 11.3 Å². The van der Waals surface area contributed by atoms with Crippen LogP contribution in [0.5, 0.6) is 0 Å². The first-order chi connectivity index (χ1) is 6.65. The molecule has 0 saturated carbocycles. The van der Waals surface area contributed by atoms with Gasteiger partial charge >= 0.3 is 0 Å². The fraction of sp³-hybridized carbons (Fsp3) is 0.600. The van der Waals surface area contributed by atoms with Crippen molar-refractivity contribution in [2.24, 2.45) is 0 Å². The lowest BCUT2D eigenvalue weighted by molar-refractivity contribution is 0.0798. The van der Waals surface area contributed by atoms with Gasteiger partial charge in [0.05, 0.1) is 11.2 Å². The highest BCUT2D eigenvalue weighted by molar-refractivity contribution is 7.13. The lowest BCUT2D eigenvalue weighted by Crippen LogP contribution is -2.26. The largest absolute Gasteiger partial charge is 0.341 e. The number of aryl methyl sites for hydroxylation is 1. The number of hydrogen-bond donors (Lipinski definition) is 0. The Kier molecular flexibility index (Phi) is 4.07. The maximum atomic E-state index is 11.8. The number of thiazole rings is 1. The summed E-state index contributed by atoms with van der Waals surface area (Å²) in [5, 5.41) is 0.942. The summed E-state index contributed by atoms with van der Waals surface area (Å²) in [7, 11) is 1.84. The molecule has 1 amide bonds. The van der Waals surface area contributed by atoms with Crippen LogP contribution in [0, 0.1) is 6.92 Å². The molecule has 0 spiro atoms. The minimum atomic E-state index is 0.0871. The Bertz CT molecular complexity index is 309. The van der Waals surface area contributed by atoms with Crippen LogP contribution in [0.15, 0.2) is 6.20 Å². The molecule has 14 heavy (non-hydrogen) atoms. The Morgan fingerprint density at radius 1 is 1.64 bits per heavy atom. The number of aromatic nitrogens is 1. The first-order valence-corrected chi connectivity index (χ1v) is 5.64. The van der Waals surface area contributed by atoms with Crippen LogP contribution in [0.2, 0.25) is 0 Å². The fourth-order valence-corrected chi connectivity index (χ4v) is 1.92. The predicted octanol–water partition coefficient (Wildman–Crippen LogP) is 2.32. The van der Waals surface area contributed by atoms with E-state index in [1.165, 1.54) is 11.3 Å². The third-order valence-electron chi connectivity index (χ3n) is 2.03. The summed E-state index contributed by atoms with van der Waals surface area (Å²) in [6.45, 7) is 4.86. The van der Waals surface area contributed by atoms with Crippen LogP contribution in [0.25, 0.3) is 0 Å². The minimum Gasteiger partial charge on any atom is -0.341 e. The molecule has 1 rings (SSSR count). The number of carbonyl (C=O) groups excluding carboxylic acids is 1. The average molecular weight is 212 g/mol. The van der Waals surface area contributed by atoms with E-state index in [2.05, 4.69) is 11.9 Å². The van der Waals surface area contributed by atoms with Crippen molar-refractivity contribution in [3.8, 4) is 0 Å². The third kappa shape index (κ3) is 2.80. The summed E-state index contributed by atoms with van der Waals surface area (Å²) < 4.78 is 0. The summed E-state index contributed by atoms with van der Waals surface area (Å²) in [6.07, 6.45) is 3.82. The van der Waals surface area contributed by atoms with Crippen LogP contribution in [-0.4, -0.2) is 29.4 Å². The molecule has 78 valence electrons. The second-order valence-electron chi connectivity index (χ2n) is 3.32. The minimum absolute atomic E-state index is 0.0871. The van der Waals surface area contributed by atoms with Crippen molar-refractivity contribution in [3.05, 3.63) is 16.1 Å². The zero-order chi connectivity index (χ0) is 10.6. The molecule has 1 aromatic rings. The highest BCUT2D eigenvalue weighted by Crippen LogP contribution is 2.13. The van der Waals surface area contributed by atoms with Crippen LogP contribution in [0.1, 0.15) is 34.4 Å². The zero-order valence-electron chi connectivity index (χ0n) is 8.91. The van der Waals surface area contributed by atoms with E-state index >= 15 is 0 Å². The van der Waals surface area contributed by atoms with E-state index in [4.69, 9.17) is 0 Å². The van der Waals surface area contributed by atoms with Gasteiger partial charge in [0.1, 0.15) is 4.88 Å². The molecule has 0 atom stereocenters. The van der Waals surface area contributed by atoms with Gasteiger partial charge in [-0.05, 0) is 13.3 Å². The highest BCUT2D eigenvalue weighted by Gasteiger charge is 2.13. The molecular formula is C10H16N2OS. The average Bonchev–Trinajstić information content (AvgIpc) is 2.60. The summed E-state index contributed by atoms with van der Waals surface area (Å²) >= 11 is 1.46. The number of hydrogen-bond acceptors (Lipinski definition) is 3. The lowest BCUT2D eigenvalue weighted by Gasteiger charge is -2.14. The van der Waals surface area contributed by atoms with Crippen LogP contribution >= 0.6 is 11.3 Å². The second-order valence-corrected chi connectivity index (χ2v) is 4.56. The van der Waals surface area contributed by atoms with Gasteiger partial charge in [-0.3, -0.25) is 4.79 Å². The van der Waals surface area contributed by atoms with Gasteiger partial charge in [-0.1, -0.05) is 13.3 Å². The smallest absolute Gasteiger partial charge is 0.265 e. The van der Waals surface area contributed by atoms with Gasteiger partial charge < -0.3 is 4.90 Å². The van der Waals surface area contributed by atoms with Crippen LogP contribution in [-0.2, 0) is 0 Å². The Hall–Kier alpha value is -0.900. The Labute approximate surface area is 88.8 Å². The number of carbonyl (C=O) groups is 1. The third-order valence-corrected chi connectivity index (χ3v) is 2.93. The molecule has 0 aromatic carbocycles. The van der Waals surface area contributed by atoms with Gasteiger partial charge in [-0.2, -0.15) is 0 Å². The molecular weight excluding hydrogens is 196 g/mol. The molecule has 1 aromatic heterocycles. The molecule has 0 N–H and O–H groups in total. The SMILES string of the molecule is CCCCN(C)C(=O)c1cnc(C)s1. The summed E-state index contributed by atoms with van der Waals surface area (Å²) in [4.78, 5) is 18.3. The topological polar surface area (TPSA) is 33.2 Å². The van der Waals surface area contributed by atoms with Crippen molar-refractivity contribution in [3.63, 3.8) is 0 Å². The molecule has 3 nitrogen and oxygen atoms in total. The van der Waals surface area contributed by atoms with Crippen molar-refractivity contribution < 1.29 is 4.79 Å². The van der Waals surface area contributed by atoms with Crippen LogP contribution in [0.3, 0.4) is 0 Å². The first kappa shape index (κ1) is 11.2. The summed E-state index contributed by atoms with van der Waals surface area (Å²) in [5.41, 5.74) is 0. The van der Waals surface area contributed by atoms with E-state index in [9.17, 15) is 4.79 Å². The summed E-state index contributed by atoms with van der Waals surface area (Å²) in [6, 6.07) is 0. The molecule has 0 aliphatic rings. The molecule has 0 aliphatic heterocycles. The molecule has 0 radical (unpaired) electrons. The van der Waals surface area contributed by atoms with Crippen molar-refractivity contribution in [1.29, 1.82) is 0 Å². The van der Waals surface area contributed by atoms with E-state index in [1.54, 1.807) is 11.1 Å². The van der Waals surface area contributed by atoms with Crippen molar-refractivity contribution in [2.75, 3.05) is 13.6 Å². The van der Waals surface area contributed by atoms with Crippen LogP contribution < -0.4 is 0 Å². The normalized spacial score (nSPS) is 10.2. The van der Waals surface area contributed by atoms with E-state index < -0.39 is 0 Å². The van der Waals surface area contributed by atoms with Crippen molar-refractivity contribution in [2.45, 2.75) is 26.7 Å². The van der Waals surface area contributed by atoms with Gasteiger partial charge in [0.2, 0.25) is 0 Å². The number of nitrogens with zero attached hydrogens (tertiary/aromatic N) is 2. The predicted molar refractivity (Wildman–Crippen MR) is 58.7 cm³/mol. The summed E-state index contributed by atoms with van der Waals surface area (Å²) in [5.74, 6) is 0.0871. The van der Waals surface area contributed by atoms with Gasteiger partial charge in [0.15, 0.2) is 0 Å². The second kappa shape index (κ2) is 5.10. The molecule has 0 bridgehead atoms. The lowest BCUT2D eigenvalue weighted by atomic mass is 10.3. The van der Waals surface area contributed by atoms with Gasteiger partial charge in [0, 0.05) is 13.6 Å². The number of rotatable bonds is 4. The molecule has 1 heterocycles. The molecule has 0 aliphatic carbocycles. The zero-order valence-corrected chi connectivity index (χ0v) is 9.73. The fourth-order valence-electron chi connectivity index (χ4n) is 1.15. The van der Waals surface area contributed by atoms with E-state index in [0.29, 0.717) is 0 Å². The number of amides is 1. The van der Waals surface area contributed by atoms with Crippen LogP contribution in [0.4, 0.5) is 0 Å². The van der Waals surface area contributed by atoms with Crippen molar-refractivity contribution in [1.82, 2.24) is 9.88 Å². The monoisotopic (exact) mass is 212 g/mol.